The second-order valence-corrected chi connectivity index (χ2v) is 43.4. The van der Waals surface area contributed by atoms with E-state index in [-0.39, 0.29) is 54.1 Å². The van der Waals surface area contributed by atoms with Crippen molar-refractivity contribution in [2.45, 2.75) is 152 Å². The third-order valence-electron chi connectivity index (χ3n) is 9.67. The molecule has 7 rings (SSSR count). The van der Waals surface area contributed by atoms with Gasteiger partial charge in [-0.25, -0.2) is 0 Å². The molecule has 0 N–H and O–H groups in total. The number of epoxide rings is 1. The van der Waals surface area contributed by atoms with Gasteiger partial charge in [0.25, 0.3) is 0 Å². The molecule has 0 amide bonds. The molecule has 23 heteroatoms. The largest absolute Gasteiger partial charge is 0.657 e. The van der Waals surface area contributed by atoms with Gasteiger partial charge >= 0.3 is 70.7 Å². The van der Waals surface area contributed by atoms with Crippen LogP contribution < -0.4 is 0 Å². The van der Waals surface area contributed by atoms with Gasteiger partial charge in [0.2, 0.25) is 0 Å². The smallest absolute Gasteiger partial charge is 0.379 e. The van der Waals surface area contributed by atoms with Crippen LogP contribution in [0.1, 0.15) is 103 Å². The van der Waals surface area contributed by atoms with E-state index in [0.29, 0.717) is 61.9 Å². The van der Waals surface area contributed by atoms with E-state index >= 15 is 0 Å². The van der Waals surface area contributed by atoms with Crippen LogP contribution in [0, 0.1) is 41.4 Å². The summed E-state index contributed by atoms with van der Waals surface area (Å²) >= 11 is 0. The second-order valence-electron chi connectivity index (χ2n) is 19.9. The summed E-state index contributed by atoms with van der Waals surface area (Å²) < 4.78 is 111. The van der Waals surface area contributed by atoms with E-state index in [2.05, 4.69) is 96.9 Å². The van der Waals surface area contributed by atoms with Crippen LogP contribution in [0.5, 0.6) is 0 Å². The fraction of sp³-hybridized carbons (Fsp3) is 1.00. The second kappa shape index (κ2) is 18.0. The fourth-order valence-corrected chi connectivity index (χ4v) is 58.1. The summed E-state index contributed by atoms with van der Waals surface area (Å²) in [6.45, 7) is 32.0. The molecule has 7 aliphatic heterocycles. The molecule has 0 unspecified atom stereocenters. The molecule has 57 heavy (non-hydrogen) atoms. The summed E-state index contributed by atoms with van der Waals surface area (Å²) in [6, 6.07) is 3.06. The predicted octanol–water partition coefficient (Wildman–Crippen LogP) is 7.68. The minimum Gasteiger partial charge on any atom is -0.379 e. The van der Waals surface area contributed by atoms with Crippen molar-refractivity contribution < 1.29 is 63.3 Å². The van der Waals surface area contributed by atoms with Crippen molar-refractivity contribution in [2.24, 2.45) is 41.4 Å². The first kappa shape index (κ1) is 47.6. The van der Waals surface area contributed by atoms with Crippen LogP contribution in [0.15, 0.2) is 0 Å². The maximum absolute atomic E-state index is 7.75. The van der Waals surface area contributed by atoms with E-state index in [1.54, 1.807) is 0 Å². The molecular formula is C34H74O15Si8. The van der Waals surface area contributed by atoms with E-state index < -0.39 is 70.7 Å². The van der Waals surface area contributed by atoms with Gasteiger partial charge in [0, 0.05) is 55.5 Å². The van der Waals surface area contributed by atoms with Crippen molar-refractivity contribution in [2.75, 3.05) is 26.4 Å². The van der Waals surface area contributed by atoms with Crippen LogP contribution in [0.4, 0.5) is 0 Å². The Hall–Kier alpha value is 1.14. The lowest BCUT2D eigenvalue weighted by Crippen LogP contribution is -2.89. The summed E-state index contributed by atoms with van der Waals surface area (Å²) in [5, 5.41) is 0. The molecule has 0 aliphatic carbocycles. The molecule has 7 fully saturated rings. The Labute approximate surface area is 352 Å². The summed E-state index contributed by atoms with van der Waals surface area (Å²) in [7, 11) is -32.3. The topological polar surface area (TPSA) is 142 Å². The maximum atomic E-state index is 7.75. The molecular weight excluding hydrogens is 873 g/mol. The number of ether oxygens (including phenoxy) is 2. The van der Waals surface area contributed by atoms with Crippen molar-refractivity contribution >= 4 is 70.7 Å². The van der Waals surface area contributed by atoms with Crippen molar-refractivity contribution in [3.05, 3.63) is 0 Å². The Balaban J connectivity index is 1.65. The summed E-state index contributed by atoms with van der Waals surface area (Å²) in [5.74, 6) is 0.621. The van der Waals surface area contributed by atoms with Gasteiger partial charge in [-0.05, 0) is 47.8 Å². The van der Waals surface area contributed by atoms with Gasteiger partial charge in [-0.1, -0.05) is 96.9 Å². The van der Waals surface area contributed by atoms with Gasteiger partial charge in [0.05, 0.1) is 13.2 Å². The standard InChI is InChI=1S/C34H74O15Si8/c1-27(2)20-50-38-51(21-28(3)4)41-54(24-31(9)10)43-52(39-50,22-29(5)6)45-56(26-33(13)14)46-53(40-50,23-30(7)8)44-55(42-51,25-32(11)12)48-57(47-54,49-56)37-17-15-16-35-18-34-19-36-34/h27-34H,15-26H2,1-14H3/t34-,50?,51?,52?,53?,54?,55?,56?,57?/m1/s1. The Kier molecular flexibility index (Phi) is 15.0. The van der Waals surface area contributed by atoms with Crippen molar-refractivity contribution in [1.29, 1.82) is 0 Å². The zero-order valence-electron chi connectivity index (χ0n) is 37.2. The molecule has 0 aromatic rings. The lowest BCUT2D eigenvalue weighted by molar-refractivity contribution is -0.0630. The molecule has 15 nitrogen and oxygen atoms in total. The van der Waals surface area contributed by atoms with Crippen LogP contribution >= 0.6 is 0 Å². The number of hydrogen-bond donors (Lipinski definition) is 0. The highest BCUT2D eigenvalue weighted by atomic mass is 28.6. The van der Waals surface area contributed by atoms with Crippen LogP contribution in [0.3, 0.4) is 0 Å². The van der Waals surface area contributed by atoms with Gasteiger partial charge < -0.3 is 63.3 Å². The lowest BCUT2D eigenvalue weighted by Gasteiger charge is -2.63. The quantitative estimate of drug-likeness (QED) is 0.0631. The fourth-order valence-electron chi connectivity index (χ4n) is 8.40. The zero-order valence-corrected chi connectivity index (χ0v) is 45.2. The Bertz CT molecular complexity index is 1210. The van der Waals surface area contributed by atoms with E-state index in [0.717, 1.165) is 6.61 Å². The van der Waals surface area contributed by atoms with Crippen LogP contribution in [-0.4, -0.2) is 103 Å². The average Bonchev–Trinajstić information content (AvgIpc) is 3.76. The summed E-state index contributed by atoms with van der Waals surface area (Å²) in [5.41, 5.74) is 0. The van der Waals surface area contributed by atoms with Crippen LogP contribution in [-0.2, 0) is 63.3 Å². The third kappa shape index (κ3) is 11.8. The molecule has 8 bridgehead atoms. The first-order valence-electron chi connectivity index (χ1n) is 21.7. The van der Waals surface area contributed by atoms with Crippen LogP contribution in [0.2, 0.25) is 42.3 Å². The van der Waals surface area contributed by atoms with Gasteiger partial charge in [0.15, 0.2) is 0 Å². The third-order valence-corrected chi connectivity index (χ3v) is 48.6. The number of hydrogen-bond acceptors (Lipinski definition) is 15. The van der Waals surface area contributed by atoms with Gasteiger partial charge in [0.1, 0.15) is 6.10 Å². The normalized spacial score (nSPS) is 41.5. The van der Waals surface area contributed by atoms with Gasteiger partial charge in [-0.15, -0.1) is 0 Å². The molecule has 0 radical (unpaired) electrons. The highest BCUT2D eigenvalue weighted by Gasteiger charge is 2.84. The zero-order chi connectivity index (χ0) is 41.7. The highest BCUT2D eigenvalue weighted by Crippen LogP contribution is 2.55. The SMILES string of the molecule is CC(C)C[Si]12O[Si]3(CC(C)C)O[Si]4(CC(C)C)O[Si](CC(C)C)(O1)O[Si]1(CC(C)C)O[Si](CC(C)C)(O2)O[Si](CC(C)C)(O3)O[Si](OCCCOC[C@@H]2CO2)(O4)O1. The molecule has 0 spiro atoms. The molecule has 0 aromatic heterocycles. The average molecular weight is 948 g/mol. The monoisotopic (exact) mass is 946 g/mol. The van der Waals surface area contributed by atoms with E-state index in [4.69, 9.17) is 63.3 Å². The first-order valence-corrected chi connectivity index (χ1v) is 36.9. The Morgan fingerprint density at radius 2 is 0.632 bits per heavy atom. The number of rotatable bonds is 21. The molecule has 0 aromatic carbocycles. The predicted molar refractivity (Wildman–Crippen MR) is 228 cm³/mol. The molecule has 7 aliphatic rings. The van der Waals surface area contributed by atoms with Gasteiger partial charge in [-0.2, -0.15) is 0 Å². The minimum atomic E-state index is -4.44. The Morgan fingerprint density at radius 1 is 0.386 bits per heavy atom. The lowest BCUT2D eigenvalue weighted by atomic mass is 10.3. The van der Waals surface area contributed by atoms with Crippen molar-refractivity contribution in [3.63, 3.8) is 0 Å². The molecule has 0 saturated carbocycles. The van der Waals surface area contributed by atoms with E-state index in [9.17, 15) is 0 Å². The maximum Gasteiger partial charge on any atom is 0.657 e. The van der Waals surface area contributed by atoms with E-state index in [1.807, 2.05) is 0 Å². The van der Waals surface area contributed by atoms with Crippen molar-refractivity contribution in [1.82, 2.24) is 0 Å². The molecule has 7 heterocycles. The molecule has 1 atom stereocenters. The Morgan fingerprint density at radius 3 is 0.860 bits per heavy atom. The summed E-state index contributed by atoms with van der Waals surface area (Å²) in [6.07, 6.45) is 0.725. The molecule has 7 saturated heterocycles. The van der Waals surface area contributed by atoms with E-state index in [1.165, 1.54) is 0 Å². The highest BCUT2D eigenvalue weighted by molar-refractivity contribution is 7.02. The first-order chi connectivity index (χ1) is 26.5. The van der Waals surface area contributed by atoms with Crippen LogP contribution in [0.25, 0.3) is 0 Å². The molecule has 332 valence electrons. The minimum absolute atomic E-state index is 0.0693. The van der Waals surface area contributed by atoms with Gasteiger partial charge in [-0.3, -0.25) is 0 Å². The summed E-state index contributed by atoms with van der Waals surface area (Å²) in [4.78, 5) is 0. The van der Waals surface area contributed by atoms with Crippen molar-refractivity contribution in [3.8, 4) is 0 Å².